The number of hydrogen-bond acceptors (Lipinski definition) is 2. The van der Waals surface area contributed by atoms with E-state index < -0.39 is 0 Å². The Kier molecular flexibility index (Phi) is 4.61. The SMILES string of the molecule is CC(C)(C)CC(=O)N1C[C@H]2CN(C(=O)CC(C)(C)C)C[C@H]2C1. The van der Waals surface area contributed by atoms with E-state index in [1.54, 1.807) is 0 Å². The Morgan fingerprint density at radius 2 is 1.00 bits per heavy atom. The highest BCUT2D eigenvalue weighted by Gasteiger charge is 2.43. The zero-order valence-electron chi connectivity index (χ0n) is 15.1. The Morgan fingerprint density at radius 1 is 0.727 bits per heavy atom. The Balaban J connectivity index is 1.86. The summed E-state index contributed by atoms with van der Waals surface area (Å²) in [6.07, 6.45) is 1.22. The van der Waals surface area contributed by atoms with Crippen LogP contribution in [0.3, 0.4) is 0 Å². The molecule has 0 spiro atoms. The highest BCUT2D eigenvalue weighted by molar-refractivity contribution is 5.78. The topological polar surface area (TPSA) is 40.6 Å². The number of carbonyl (C=O) groups is 2. The zero-order valence-corrected chi connectivity index (χ0v) is 15.1. The fourth-order valence-electron chi connectivity index (χ4n) is 3.53. The lowest BCUT2D eigenvalue weighted by atomic mass is 9.91. The van der Waals surface area contributed by atoms with E-state index in [0.717, 1.165) is 26.2 Å². The second-order valence-corrected chi connectivity index (χ2v) is 9.59. The summed E-state index contributed by atoms with van der Waals surface area (Å²) in [5, 5.41) is 0. The monoisotopic (exact) mass is 308 g/mol. The molecule has 4 heteroatoms. The van der Waals surface area contributed by atoms with Crippen molar-refractivity contribution in [1.82, 2.24) is 9.80 Å². The van der Waals surface area contributed by atoms with Crippen molar-refractivity contribution >= 4 is 11.8 Å². The molecule has 2 amide bonds. The molecular formula is C18H32N2O2. The summed E-state index contributed by atoms with van der Waals surface area (Å²) in [5.74, 6) is 1.50. The first-order chi connectivity index (χ1) is 9.94. The molecular weight excluding hydrogens is 276 g/mol. The van der Waals surface area contributed by atoms with Crippen LogP contribution in [0.2, 0.25) is 0 Å². The highest BCUT2D eigenvalue weighted by Crippen LogP contribution is 2.34. The second kappa shape index (κ2) is 5.86. The van der Waals surface area contributed by atoms with Crippen molar-refractivity contribution in [2.75, 3.05) is 26.2 Å². The fraction of sp³-hybridized carbons (Fsp3) is 0.889. The van der Waals surface area contributed by atoms with Crippen LogP contribution in [-0.4, -0.2) is 47.8 Å². The minimum absolute atomic E-state index is 0.0451. The summed E-state index contributed by atoms with van der Waals surface area (Å²) in [4.78, 5) is 28.7. The number of likely N-dealkylation sites (tertiary alicyclic amines) is 2. The van der Waals surface area contributed by atoms with Crippen LogP contribution in [0.15, 0.2) is 0 Å². The van der Waals surface area contributed by atoms with Crippen LogP contribution in [0, 0.1) is 22.7 Å². The van der Waals surface area contributed by atoms with Gasteiger partial charge in [0.2, 0.25) is 11.8 Å². The first-order valence-electron chi connectivity index (χ1n) is 8.50. The third kappa shape index (κ3) is 4.47. The molecule has 126 valence electrons. The van der Waals surface area contributed by atoms with Gasteiger partial charge in [0.1, 0.15) is 0 Å². The molecule has 2 rings (SSSR count). The van der Waals surface area contributed by atoms with E-state index in [1.807, 2.05) is 9.80 Å². The smallest absolute Gasteiger partial charge is 0.223 e. The van der Waals surface area contributed by atoms with Crippen molar-refractivity contribution in [1.29, 1.82) is 0 Å². The summed E-state index contributed by atoms with van der Waals surface area (Å²) in [5.41, 5.74) is 0.0903. The molecule has 0 bridgehead atoms. The molecule has 2 fully saturated rings. The van der Waals surface area contributed by atoms with Gasteiger partial charge in [-0.05, 0) is 10.8 Å². The molecule has 0 atom stereocenters. The summed E-state index contributed by atoms with van der Waals surface area (Å²) >= 11 is 0. The number of nitrogens with zero attached hydrogens (tertiary/aromatic N) is 2. The van der Waals surface area contributed by atoms with Crippen molar-refractivity contribution in [3.05, 3.63) is 0 Å². The van der Waals surface area contributed by atoms with Gasteiger partial charge in [0.15, 0.2) is 0 Å². The second-order valence-electron chi connectivity index (χ2n) is 9.59. The summed E-state index contributed by atoms with van der Waals surface area (Å²) in [6, 6.07) is 0. The molecule has 0 aromatic carbocycles. The molecule has 0 N–H and O–H groups in total. The molecule has 0 aromatic heterocycles. The highest BCUT2D eigenvalue weighted by atomic mass is 16.2. The van der Waals surface area contributed by atoms with Gasteiger partial charge in [0, 0.05) is 50.9 Å². The van der Waals surface area contributed by atoms with Gasteiger partial charge >= 0.3 is 0 Å². The molecule has 2 aliphatic heterocycles. The summed E-state index contributed by atoms with van der Waals surface area (Å²) in [7, 11) is 0. The average Bonchev–Trinajstić information content (AvgIpc) is 2.80. The Labute approximate surface area is 135 Å². The number of fused-ring (bicyclic) bond motifs is 1. The molecule has 0 aliphatic carbocycles. The van der Waals surface area contributed by atoms with Crippen molar-refractivity contribution in [2.24, 2.45) is 22.7 Å². The van der Waals surface area contributed by atoms with Crippen molar-refractivity contribution < 1.29 is 9.59 Å². The van der Waals surface area contributed by atoms with Crippen LogP contribution in [0.25, 0.3) is 0 Å². The predicted molar refractivity (Wildman–Crippen MR) is 88.3 cm³/mol. The van der Waals surface area contributed by atoms with Gasteiger partial charge in [-0.3, -0.25) is 9.59 Å². The normalized spacial score (nSPS) is 25.5. The molecule has 22 heavy (non-hydrogen) atoms. The quantitative estimate of drug-likeness (QED) is 0.787. The molecule has 2 saturated heterocycles. The number of hydrogen-bond donors (Lipinski definition) is 0. The molecule has 2 aliphatic rings. The molecule has 0 saturated carbocycles. The van der Waals surface area contributed by atoms with Crippen LogP contribution in [0.4, 0.5) is 0 Å². The minimum atomic E-state index is 0.0451. The van der Waals surface area contributed by atoms with Gasteiger partial charge in [0.25, 0.3) is 0 Å². The summed E-state index contributed by atoms with van der Waals surface area (Å²) in [6.45, 7) is 16.0. The van der Waals surface area contributed by atoms with Crippen molar-refractivity contribution in [3.8, 4) is 0 Å². The first-order valence-corrected chi connectivity index (χ1v) is 8.50. The van der Waals surface area contributed by atoms with E-state index in [9.17, 15) is 9.59 Å². The largest absolute Gasteiger partial charge is 0.342 e. The van der Waals surface area contributed by atoms with E-state index in [1.165, 1.54) is 0 Å². The maximum Gasteiger partial charge on any atom is 0.223 e. The first kappa shape index (κ1) is 17.3. The van der Waals surface area contributed by atoms with Crippen LogP contribution in [0.1, 0.15) is 54.4 Å². The molecule has 0 unspecified atom stereocenters. The van der Waals surface area contributed by atoms with E-state index in [0.29, 0.717) is 24.7 Å². The van der Waals surface area contributed by atoms with Gasteiger partial charge in [0.05, 0.1) is 0 Å². The number of carbonyl (C=O) groups excluding carboxylic acids is 2. The molecule has 4 nitrogen and oxygen atoms in total. The molecule has 2 heterocycles. The third-order valence-corrected chi connectivity index (χ3v) is 4.55. The molecule has 0 radical (unpaired) electrons. The van der Waals surface area contributed by atoms with E-state index in [-0.39, 0.29) is 22.6 Å². The van der Waals surface area contributed by atoms with Gasteiger partial charge in [-0.1, -0.05) is 41.5 Å². The van der Waals surface area contributed by atoms with E-state index >= 15 is 0 Å². The van der Waals surface area contributed by atoms with Crippen LogP contribution in [-0.2, 0) is 9.59 Å². The standard InChI is InChI=1S/C18H32N2O2/c1-17(2,3)7-15(21)19-9-13-11-20(12-14(13)10-19)16(22)8-18(4,5)6/h13-14H,7-12H2,1-6H3/t13-,14+. The van der Waals surface area contributed by atoms with Crippen molar-refractivity contribution in [3.63, 3.8) is 0 Å². The number of rotatable bonds is 2. The van der Waals surface area contributed by atoms with Crippen LogP contribution < -0.4 is 0 Å². The minimum Gasteiger partial charge on any atom is -0.342 e. The van der Waals surface area contributed by atoms with Gasteiger partial charge in [-0.2, -0.15) is 0 Å². The van der Waals surface area contributed by atoms with Gasteiger partial charge in [-0.15, -0.1) is 0 Å². The maximum atomic E-state index is 12.3. The maximum absolute atomic E-state index is 12.3. The number of amides is 2. The lowest BCUT2D eigenvalue weighted by Gasteiger charge is -2.26. The summed E-state index contributed by atoms with van der Waals surface area (Å²) < 4.78 is 0. The van der Waals surface area contributed by atoms with Crippen LogP contribution >= 0.6 is 0 Å². The van der Waals surface area contributed by atoms with E-state index in [2.05, 4.69) is 41.5 Å². The van der Waals surface area contributed by atoms with Gasteiger partial charge < -0.3 is 9.80 Å². The predicted octanol–water partition coefficient (Wildman–Crippen LogP) is 2.78. The lowest BCUT2D eigenvalue weighted by molar-refractivity contribution is -0.133. The third-order valence-electron chi connectivity index (χ3n) is 4.55. The van der Waals surface area contributed by atoms with E-state index in [4.69, 9.17) is 0 Å². The molecule has 0 aromatic rings. The Bertz CT molecular complexity index is 391. The zero-order chi connectivity index (χ0) is 16.7. The van der Waals surface area contributed by atoms with Crippen LogP contribution in [0.5, 0.6) is 0 Å². The average molecular weight is 308 g/mol. The fourth-order valence-corrected chi connectivity index (χ4v) is 3.53. The Morgan fingerprint density at radius 3 is 1.23 bits per heavy atom. The van der Waals surface area contributed by atoms with Gasteiger partial charge in [-0.25, -0.2) is 0 Å². The lowest BCUT2D eigenvalue weighted by Crippen LogP contribution is -2.37. The van der Waals surface area contributed by atoms with Crippen molar-refractivity contribution in [2.45, 2.75) is 54.4 Å². The Hall–Kier alpha value is -1.06.